The minimum absolute atomic E-state index is 0.124. The van der Waals surface area contributed by atoms with Crippen LogP contribution >= 0.6 is 0 Å². The molecule has 2 aliphatic carbocycles. The Bertz CT molecular complexity index is 1010. The first kappa shape index (κ1) is 43.4. The van der Waals surface area contributed by atoms with Crippen molar-refractivity contribution in [3.8, 4) is 0 Å². The summed E-state index contributed by atoms with van der Waals surface area (Å²) in [6.07, 6.45) is 13.4. The van der Waals surface area contributed by atoms with Gasteiger partial charge in [0.05, 0.1) is 48.1 Å². The molecule has 286 valence electrons. The molecule has 2 N–H and O–H groups in total. The topological polar surface area (TPSA) is 152 Å². The second-order valence-corrected chi connectivity index (χ2v) is 14.3. The van der Waals surface area contributed by atoms with Crippen molar-refractivity contribution in [2.45, 2.75) is 143 Å². The van der Waals surface area contributed by atoms with Crippen LogP contribution in [0.25, 0.3) is 0 Å². The van der Waals surface area contributed by atoms with Crippen molar-refractivity contribution >= 4 is 23.9 Å². The van der Waals surface area contributed by atoms with Crippen LogP contribution in [0.5, 0.6) is 0 Å². The van der Waals surface area contributed by atoms with Gasteiger partial charge in [-0.25, -0.2) is 0 Å². The molecule has 4 rings (SSSR count). The number of carbonyl (C=O) groups excluding carboxylic acids is 2. The summed E-state index contributed by atoms with van der Waals surface area (Å²) >= 11 is 0. The zero-order valence-corrected chi connectivity index (χ0v) is 31.6. The summed E-state index contributed by atoms with van der Waals surface area (Å²) in [6, 6.07) is 0. The van der Waals surface area contributed by atoms with Crippen molar-refractivity contribution in [1.82, 2.24) is 0 Å². The van der Waals surface area contributed by atoms with Crippen LogP contribution in [0.1, 0.15) is 119 Å². The van der Waals surface area contributed by atoms with Gasteiger partial charge in [-0.3, -0.25) is 19.2 Å². The number of ether oxygens (including phenoxy) is 4. The largest absolute Gasteiger partial charge is 0.481 e. The van der Waals surface area contributed by atoms with E-state index in [4.69, 9.17) is 18.9 Å². The highest BCUT2D eigenvalue weighted by molar-refractivity contribution is 5.83. The molecule has 12 unspecified atom stereocenters. The van der Waals surface area contributed by atoms with Crippen LogP contribution in [0.4, 0.5) is 0 Å². The maximum Gasteiger partial charge on any atom is 0.310 e. The van der Waals surface area contributed by atoms with Crippen LogP contribution in [0.3, 0.4) is 0 Å². The molecule has 0 aromatic heterocycles. The highest BCUT2D eigenvalue weighted by Gasteiger charge is 2.62. The Kier molecular flexibility index (Phi) is 19.3. The summed E-state index contributed by atoms with van der Waals surface area (Å²) in [4.78, 5) is 51.5. The van der Waals surface area contributed by atoms with Crippen molar-refractivity contribution in [3.63, 3.8) is 0 Å². The standard InChI is InChI=1S/C34H54O10.2C3H6/c1-5-9-11-13-19(7-3)25-27(21(31(35)36)17-23-29(25)43-23)33(39)41-15-16-42-34(40)28-22(32(37)38)18-24-30(44-24)26(28)20(8-4)14-12-10-6-2;2*1-3-2/h19-30H,5-18H2,1-4H3,(H,35,36)(H,37,38);2*3H,1H2,2H3. The van der Waals surface area contributed by atoms with Gasteiger partial charge in [0, 0.05) is 11.8 Å². The first-order valence-corrected chi connectivity index (χ1v) is 19.2. The average Bonchev–Trinajstić information content (AvgIpc) is 4.01. The third kappa shape index (κ3) is 11.9. The van der Waals surface area contributed by atoms with Crippen molar-refractivity contribution in [2.75, 3.05) is 13.2 Å². The molecule has 0 amide bonds. The Labute approximate surface area is 300 Å². The summed E-state index contributed by atoms with van der Waals surface area (Å²) in [5, 5.41) is 20.1. The van der Waals surface area contributed by atoms with Gasteiger partial charge in [0.1, 0.15) is 13.2 Å². The van der Waals surface area contributed by atoms with Crippen LogP contribution in [0, 0.1) is 47.3 Å². The second kappa shape index (κ2) is 22.3. The maximum atomic E-state index is 13.5. The monoisotopic (exact) mass is 706 g/mol. The van der Waals surface area contributed by atoms with Gasteiger partial charge in [0.15, 0.2) is 0 Å². The third-order valence-corrected chi connectivity index (χ3v) is 10.9. The van der Waals surface area contributed by atoms with E-state index in [1.807, 2.05) is 13.8 Å². The van der Waals surface area contributed by atoms with Gasteiger partial charge >= 0.3 is 23.9 Å². The number of aliphatic carboxylic acids is 2. The van der Waals surface area contributed by atoms with Crippen molar-refractivity contribution < 1.29 is 48.3 Å². The molecule has 0 radical (unpaired) electrons. The Morgan fingerprint density at radius 2 is 1.02 bits per heavy atom. The normalized spacial score (nSPS) is 31.3. The van der Waals surface area contributed by atoms with E-state index in [0.717, 1.165) is 64.2 Å². The molecule has 2 heterocycles. The molecule has 10 heteroatoms. The lowest BCUT2D eigenvalue weighted by molar-refractivity contribution is -0.169. The number of rotatable bonds is 19. The van der Waals surface area contributed by atoms with Gasteiger partial charge in [-0.1, -0.05) is 104 Å². The maximum absolute atomic E-state index is 13.5. The first-order chi connectivity index (χ1) is 24.0. The highest BCUT2D eigenvalue weighted by Crippen LogP contribution is 2.53. The Morgan fingerprint density at radius 1 is 0.680 bits per heavy atom. The molecule has 0 aromatic rings. The molecule has 0 aromatic carbocycles. The van der Waals surface area contributed by atoms with E-state index >= 15 is 0 Å². The summed E-state index contributed by atoms with van der Waals surface area (Å²) in [6.45, 7) is 18.5. The van der Waals surface area contributed by atoms with Gasteiger partial charge in [0.25, 0.3) is 0 Å². The van der Waals surface area contributed by atoms with E-state index in [2.05, 4.69) is 40.9 Å². The SMILES string of the molecule is C=CC.C=CC.CCCCCC(CC)C1C2OC2CC(C(=O)O)C1C(=O)OCCOC(=O)C1C(C(=O)O)CC2OC2C1C(CC)CCCCC. The van der Waals surface area contributed by atoms with Crippen LogP contribution in [0.15, 0.2) is 25.3 Å². The van der Waals surface area contributed by atoms with Crippen molar-refractivity contribution in [3.05, 3.63) is 25.3 Å². The summed E-state index contributed by atoms with van der Waals surface area (Å²) in [7, 11) is 0. The highest BCUT2D eigenvalue weighted by atomic mass is 16.6. The molecule has 2 saturated carbocycles. The Balaban J connectivity index is 0.00000135. The summed E-state index contributed by atoms with van der Waals surface area (Å²) in [5.41, 5.74) is 0. The fraction of sp³-hybridized carbons (Fsp3) is 0.800. The van der Waals surface area contributed by atoms with E-state index in [9.17, 15) is 29.4 Å². The van der Waals surface area contributed by atoms with Crippen LogP contribution in [-0.2, 0) is 38.1 Å². The van der Waals surface area contributed by atoms with E-state index in [0.29, 0.717) is 0 Å². The van der Waals surface area contributed by atoms with Crippen LogP contribution < -0.4 is 0 Å². The van der Waals surface area contributed by atoms with Crippen molar-refractivity contribution in [1.29, 1.82) is 0 Å². The second-order valence-electron chi connectivity index (χ2n) is 14.3. The van der Waals surface area contributed by atoms with Crippen LogP contribution in [-0.4, -0.2) is 71.7 Å². The van der Waals surface area contributed by atoms with Gasteiger partial charge < -0.3 is 29.2 Å². The van der Waals surface area contributed by atoms with Crippen molar-refractivity contribution in [2.24, 2.45) is 47.3 Å². The quantitative estimate of drug-likeness (QED) is 0.0587. The number of esters is 2. The van der Waals surface area contributed by atoms with E-state index in [1.165, 1.54) is 0 Å². The smallest absolute Gasteiger partial charge is 0.310 e. The van der Waals surface area contributed by atoms with E-state index in [-0.39, 0.29) is 74.1 Å². The zero-order chi connectivity index (χ0) is 37.4. The molecule has 2 aliphatic heterocycles. The minimum Gasteiger partial charge on any atom is -0.481 e. The molecular formula is C40H66O10. The number of carboxylic acid groups (broad SMARTS) is 2. The molecule has 50 heavy (non-hydrogen) atoms. The number of carboxylic acids is 2. The lowest BCUT2D eigenvalue weighted by Crippen LogP contribution is -2.47. The van der Waals surface area contributed by atoms with E-state index in [1.54, 1.807) is 12.2 Å². The van der Waals surface area contributed by atoms with E-state index < -0.39 is 47.5 Å². The minimum atomic E-state index is -1.02. The molecule has 0 bridgehead atoms. The fourth-order valence-corrected chi connectivity index (χ4v) is 8.51. The molecule has 4 fully saturated rings. The Hall–Kier alpha value is -2.72. The predicted molar refractivity (Wildman–Crippen MR) is 192 cm³/mol. The number of carbonyl (C=O) groups is 4. The summed E-state index contributed by atoms with van der Waals surface area (Å²) < 4.78 is 23.0. The lowest BCUT2D eigenvalue weighted by atomic mass is 9.65. The zero-order valence-electron chi connectivity index (χ0n) is 31.6. The number of hydrogen-bond acceptors (Lipinski definition) is 8. The number of unbranched alkanes of at least 4 members (excludes halogenated alkanes) is 4. The number of epoxide rings is 2. The number of allylic oxidation sites excluding steroid dienone is 2. The molecule has 4 aliphatic rings. The molecule has 12 atom stereocenters. The predicted octanol–water partition coefficient (Wildman–Crippen LogP) is 7.88. The molecular weight excluding hydrogens is 640 g/mol. The molecule has 0 spiro atoms. The van der Waals surface area contributed by atoms with Gasteiger partial charge in [-0.05, 0) is 38.5 Å². The molecule has 2 saturated heterocycles. The number of fused-ring (bicyclic) bond motifs is 2. The average molecular weight is 707 g/mol. The van der Waals surface area contributed by atoms with Gasteiger partial charge in [0.2, 0.25) is 0 Å². The van der Waals surface area contributed by atoms with Crippen LogP contribution in [0.2, 0.25) is 0 Å². The fourth-order valence-electron chi connectivity index (χ4n) is 8.51. The van der Waals surface area contributed by atoms with Gasteiger partial charge in [-0.2, -0.15) is 0 Å². The number of hydrogen-bond donors (Lipinski definition) is 2. The molecule has 10 nitrogen and oxygen atoms in total. The first-order valence-electron chi connectivity index (χ1n) is 19.2. The van der Waals surface area contributed by atoms with Gasteiger partial charge in [-0.15, -0.1) is 13.2 Å². The third-order valence-electron chi connectivity index (χ3n) is 10.9. The summed E-state index contributed by atoms with van der Waals surface area (Å²) in [5.74, 6) is -6.77. The lowest BCUT2D eigenvalue weighted by Gasteiger charge is -2.37. The Morgan fingerprint density at radius 3 is 1.30 bits per heavy atom.